The van der Waals surface area contributed by atoms with Gasteiger partial charge in [0, 0.05) is 16.7 Å². The number of aliphatic imine (C=N–C) groups is 1. The van der Waals surface area contributed by atoms with Crippen molar-refractivity contribution in [1.29, 1.82) is 0 Å². The van der Waals surface area contributed by atoms with Crippen molar-refractivity contribution < 1.29 is 19.4 Å². The summed E-state index contributed by atoms with van der Waals surface area (Å²) in [5, 5.41) is 10.9. The first-order valence-electron chi connectivity index (χ1n) is 8.47. The molecule has 1 heterocycles. The van der Waals surface area contributed by atoms with Gasteiger partial charge in [-0.25, -0.2) is 9.79 Å². The average Bonchev–Trinajstić information content (AvgIpc) is 3.01. The second kappa shape index (κ2) is 8.22. The predicted molar refractivity (Wildman–Crippen MR) is 107 cm³/mol. The van der Waals surface area contributed by atoms with Crippen LogP contribution in [-0.2, 0) is 17.6 Å². The van der Waals surface area contributed by atoms with Gasteiger partial charge in [0.1, 0.15) is 16.5 Å². The molecule has 1 aromatic heterocycles. The largest absolute Gasteiger partial charge is 0.506 e. The van der Waals surface area contributed by atoms with Crippen molar-refractivity contribution in [3.05, 3.63) is 38.2 Å². The van der Waals surface area contributed by atoms with Gasteiger partial charge in [0.05, 0.1) is 23.8 Å². The number of phenolic OH excluding ortho intramolecular Hbond substituents is 1. The molecule has 26 heavy (non-hydrogen) atoms. The fourth-order valence-corrected chi connectivity index (χ4v) is 4.67. The van der Waals surface area contributed by atoms with Crippen molar-refractivity contribution >= 4 is 44.5 Å². The second-order valence-electron chi connectivity index (χ2n) is 5.92. The molecule has 0 unspecified atom stereocenters. The molecule has 0 radical (unpaired) electrons. The second-order valence-corrected chi connectivity index (χ2v) is 7.85. The topological polar surface area (TPSA) is 68.1 Å². The van der Waals surface area contributed by atoms with Gasteiger partial charge in [-0.05, 0) is 66.2 Å². The molecule has 0 saturated heterocycles. The summed E-state index contributed by atoms with van der Waals surface area (Å²) in [5.74, 6) is 0.357. The van der Waals surface area contributed by atoms with Crippen LogP contribution in [0.4, 0.5) is 5.00 Å². The first kappa shape index (κ1) is 18.9. The molecule has 0 spiro atoms. The Morgan fingerprint density at radius 1 is 1.38 bits per heavy atom. The number of hydrogen-bond acceptors (Lipinski definition) is 6. The number of thiophene rings is 1. The van der Waals surface area contributed by atoms with Crippen molar-refractivity contribution in [2.45, 2.75) is 32.6 Å². The molecule has 0 bridgehead atoms. The van der Waals surface area contributed by atoms with Crippen LogP contribution in [0, 0.1) is 0 Å². The van der Waals surface area contributed by atoms with E-state index in [0.717, 1.165) is 31.2 Å². The summed E-state index contributed by atoms with van der Waals surface area (Å²) in [6.07, 6.45) is 5.61. The van der Waals surface area contributed by atoms with E-state index in [1.165, 1.54) is 16.2 Å². The maximum absolute atomic E-state index is 12.5. The average molecular weight is 438 g/mol. The lowest BCUT2D eigenvalue weighted by molar-refractivity contribution is 0.0526. The Hall–Kier alpha value is -1.86. The predicted octanol–water partition coefficient (Wildman–Crippen LogP) is 5.03. The maximum Gasteiger partial charge on any atom is 0.341 e. The summed E-state index contributed by atoms with van der Waals surface area (Å²) in [7, 11) is 1.56. The molecule has 138 valence electrons. The molecule has 0 aliphatic heterocycles. The molecular weight excluding hydrogens is 418 g/mol. The van der Waals surface area contributed by atoms with Crippen LogP contribution in [0.25, 0.3) is 0 Å². The Morgan fingerprint density at radius 2 is 2.15 bits per heavy atom. The van der Waals surface area contributed by atoms with Crippen molar-refractivity contribution in [3.63, 3.8) is 0 Å². The van der Waals surface area contributed by atoms with Crippen LogP contribution < -0.4 is 4.74 Å². The van der Waals surface area contributed by atoms with Gasteiger partial charge in [0.2, 0.25) is 0 Å². The Morgan fingerprint density at radius 3 is 2.88 bits per heavy atom. The number of esters is 1. The summed E-state index contributed by atoms with van der Waals surface area (Å²) in [6.45, 7) is 2.13. The van der Waals surface area contributed by atoms with Crippen LogP contribution in [-0.4, -0.2) is 31.0 Å². The SMILES string of the molecule is CCOC(=O)c1c(N=Cc2cc(OC)cc(Br)c2O)sc2c1CCCC2. The summed E-state index contributed by atoms with van der Waals surface area (Å²) < 4.78 is 11.0. The number of phenols is 1. The number of aryl methyl sites for hydroxylation is 1. The number of hydrogen-bond donors (Lipinski definition) is 1. The first-order chi connectivity index (χ1) is 12.5. The van der Waals surface area contributed by atoms with Crippen LogP contribution in [0.3, 0.4) is 0 Å². The fourth-order valence-electron chi connectivity index (χ4n) is 3.00. The number of ether oxygens (including phenoxy) is 2. The molecule has 0 amide bonds. The Kier molecular flexibility index (Phi) is 5.98. The van der Waals surface area contributed by atoms with Crippen molar-refractivity contribution in [2.24, 2.45) is 4.99 Å². The lowest BCUT2D eigenvalue weighted by atomic mass is 9.95. The highest BCUT2D eigenvalue weighted by Gasteiger charge is 2.26. The normalized spacial score (nSPS) is 13.7. The molecule has 2 aromatic rings. The Labute approximate surface area is 164 Å². The summed E-state index contributed by atoms with van der Waals surface area (Å²) in [6, 6.07) is 3.38. The summed E-state index contributed by atoms with van der Waals surface area (Å²) in [4.78, 5) is 18.2. The van der Waals surface area contributed by atoms with Gasteiger partial charge in [-0.3, -0.25) is 0 Å². The molecule has 0 fully saturated rings. The highest BCUT2D eigenvalue weighted by molar-refractivity contribution is 9.10. The van der Waals surface area contributed by atoms with Crippen LogP contribution in [0.1, 0.15) is 46.1 Å². The number of carbonyl (C=O) groups excluding carboxylic acids is 1. The van der Waals surface area contributed by atoms with Crippen molar-refractivity contribution in [3.8, 4) is 11.5 Å². The van der Waals surface area contributed by atoms with E-state index in [2.05, 4.69) is 20.9 Å². The zero-order valence-corrected chi connectivity index (χ0v) is 17.1. The third kappa shape index (κ3) is 3.78. The zero-order chi connectivity index (χ0) is 18.7. The molecule has 1 aliphatic carbocycles. The Bertz CT molecular complexity index is 860. The van der Waals surface area contributed by atoms with Gasteiger partial charge in [-0.2, -0.15) is 0 Å². The summed E-state index contributed by atoms with van der Waals surface area (Å²) >= 11 is 4.84. The van der Waals surface area contributed by atoms with Gasteiger partial charge >= 0.3 is 5.97 Å². The van der Waals surface area contributed by atoms with E-state index in [4.69, 9.17) is 9.47 Å². The molecule has 5 nitrogen and oxygen atoms in total. The molecule has 0 atom stereocenters. The molecule has 1 N–H and O–H groups in total. The molecule has 1 aliphatic rings. The minimum Gasteiger partial charge on any atom is -0.506 e. The smallest absolute Gasteiger partial charge is 0.341 e. The van der Waals surface area contributed by atoms with Crippen LogP contribution in [0.5, 0.6) is 11.5 Å². The number of benzene rings is 1. The van der Waals surface area contributed by atoms with E-state index >= 15 is 0 Å². The number of aromatic hydroxyl groups is 1. The van der Waals surface area contributed by atoms with Crippen LogP contribution in [0.2, 0.25) is 0 Å². The van der Waals surface area contributed by atoms with E-state index in [1.807, 2.05) is 0 Å². The quantitative estimate of drug-likeness (QED) is 0.525. The zero-order valence-electron chi connectivity index (χ0n) is 14.7. The van der Waals surface area contributed by atoms with Crippen LogP contribution >= 0.6 is 27.3 Å². The van der Waals surface area contributed by atoms with E-state index in [0.29, 0.717) is 33.0 Å². The monoisotopic (exact) mass is 437 g/mol. The molecular formula is C19H20BrNO4S. The van der Waals surface area contributed by atoms with E-state index < -0.39 is 0 Å². The van der Waals surface area contributed by atoms with Gasteiger partial charge in [-0.15, -0.1) is 11.3 Å². The number of carbonyl (C=O) groups is 1. The molecule has 3 rings (SSSR count). The van der Waals surface area contributed by atoms with Gasteiger partial charge < -0.3 is 14.6 Å². The lowest BCUT2D eigenvalue weighted by Gasteiger charge is -2.11. The number of fused-ring (bicyclic) bond motifs is 1. The van der Waals surface area contributed by atoms with Gasteiger partial charge in [0.25, 0.3) is 0 Å². The highest BCUT2D eigenvalue weighted by Crippen LogP contribution is 2.40. The summed E-state index contributed by atoms with van der Waals surface area (Å²) in [5.41, 5.74) is 2.16. The van der Waals surface area contributed by atoms with E-state index in [9.17, 15) is 9.90 Å². The molecule has 7 heteroatoms. The Balaban J connectivity index is 2.02. The van der Waals surface area contributed by atoms with E-state index in [1.54, 1.807) is 32.4 Å². The third-order valence-electron chi connectivity index (χ3n) is 4.26. The molecule has 0 saturated carbocycles. The van der Waals surface area contributed by atoms with Crippen molar-refractivity contribution in [2.75, 3.05) is 13.7 Å². The lowest BCUT2D eigenvalue weighted by Crippen LogP contribution is -2.09. The van der Waals surface area contributed by atoms with Crippen LogP contribution in [0.15, 0.2) is 21.6 Å². The number of nitrogens with zero attached hydrogens (tertiary/aromatic N) is 1. The number of rotatable bonds is 5. The molecule has 1 aromatic carbocycles. The van der Waals surface area contributed by atoms with E-state index in [-0.39, 0.29) is 11.7 Å². The third-order valence-corrected chi connectivity index (χ3v) is 6.06. The minimum absolute atomic E-state index is 0.0774. The van der Waals surface area contributed by atoms with Gasteiger partial charge in [0.15, 0.2) is 0 Å². The minimum atomic E-state index is -0.324. The van der Waals surface area contributed by atoms with Gasteiger partial charge in [-0.1, -0.05) is 0 Å². The number of halogens is 1. The maximum atomic E-state index is 12.5. The standard InChI is InChI=1S/C19H20BrNO4S/c1-3-25-19(23)16-13-6-4-5-7-15(13)26-18(16)21-10-11-8-12(24-2)9-14(20)17(11)22/h8-10,22H,3-7H2,1-2H3. The highest BCUT2D eigenvalue weighted by atomic mass is 79.9. The first-order valence-corrected chi connectivity index (χ1v) is 10.1. The van der Waals surface area contributed by atoms with Crippen molar-refractivity contribution in [1.82, 2.24) is 0 Å². The fraction of sp³-hybridized carbons (Fsp3) is 0.368. The number of methoxy groups -OCH3 is 1.